The molecule has 0 amide bonds. The van der Waals surface area contributed by atoms with E-state index < -0.39 is 8.32 Å². The monoisotopic (exact) mass is 304 g/mol. The fourth-order valence-electron chi connectivity index (χ4n) is 4.91. The van der Waals surface area contributed by atoms with Gasteiger partial charge in [-0.25, -0.2) is 0 Å². The van der Waals surface area contributed by atoms with E-state index in [0.29, 0.717) is 11.5 Å². The van der Waals surface area contributed by atoms with Crippen LogP contribution in [0.4, 0.5) is 0 Å². The predicted molar refractivity (Wildman–Crippen MR) is 94.0 cm³/mol. The molecule has 0 aliphatic carbocycles. The minimum Gasteiger partial charge on any atom is -0.408 e. The summed E-state index contributed by atoms with van der Waals surface area (Å²) in [5.41, 5.74) is 2.00. The van der Waals surface area contributed by atoms with Gasteiger partial charge < -0.3 is 4.43 Å². The Balaban J connectivity index is 2.51. The average Bonchev–Trinajstić information content (AvgIpc) is 2.64. The number of rotatable bonds is 1. The van der Waals surface area contributed by atoms with Gasteiger partial charge in [-0.3, -0.25) is 0 Å². The maximum Gasteiger partial charge on any atom is 0.207 e. The molecule has 0 N–H and O–H groups in total. The molecule has 0 radical (unpaired) electrons. The molecule has 1 aliphatic rings. The van der Waals surface area contributed by atoms with Crippen molar-refractivity contribution in [1.82, 2.24) is 0 Å². The molecule has 0 bridgehead atoms. The molecule has 3 atom stereocenters. The van der Waals surface area contributed by atoms with Crippen molar-refractivity contribution in [2.75, 3.05) is 0 Å². The van der Waals surface area contributed by atoms with Gasteiger partial charge in [0.15, 0.2) is 0 Å². The van der Waals surface area contributed by atoms with Gasteiger partial charge in [0.1, 0.15) is 0 Å². The van der Waals surface area contributed by atoms with E-state index in [-0.39, 0.29) is 16.2 Å². The Labute approximate surface area is 132 Å². The van der Waals surface area contributed by atoms with Crippen LogP contribution in [0.5, 0.6) is 0 Å². The van der Waals surface area contributed by atoms with Gasteiger partial charge in [-0.15, -0.1) is 0 Å². The summed E-state index contributed by atoms with van der Waals surface area (Å²) < 4.78 is 7.03. The molecule has 1 aliphatic heterocycles. The molecule has 2 rings (SSSR count). The van der Waals surface area contributed by atoms with Crippen LogP contribution in [0.2, 0.25) is 15.6 Å². The molecule has 0 unspecified atom stereocenters. The number of hydrogen-bond donors (Lipinski definition) is 0. The molecular formula is C19H32OSi. The van der Waals surface area contributed by atoms with Crippen LogP contribution in [0, 0.1) is 5.92 Å². The Kier molecular flexibility index (Phi) is 4.18. The molecule has 0 aromatic heterocycles. The van der Waals surface area contributed by atoms with E-state index in [4.69, 9.17) is 4.43 Å². The SMILES string of the molecule is C[C@@H]1[C@@H](C)[Si](C(C)(C)C)(C(C)(C)C)O[C@H]1c1ccccc1. The van der Waals surface area contributed by atoms with Crippen LogP contribution >= 0.6 is 0 Å². The van der Waals surface area contributed by atoms with Gasteiger partial charge in [0.05, 0.1) is 6.10 Å². The van der Waals surface area contributed by atoms with E-state index >= 15 is 0 Å². The van der Waals surface area contributed by atoms with Gasteiger partial charge in [0, 0.05) is 0 Å². The van der Waals surface area contributed by atoms with Gasteiger partial charge in [0.25, 0.3) is 0 Å². The lowest BCUT2D eigenvalue weighted by molar-refractivity contribution is 0.168. The van der Waals surface area contributed by atoms with Crippen molar-refractivity contribution in [2.45, 2.75) is 77.1 Å². The van der Waals surface area contributed by atoms with Crippen molar-refractivity contribution in [2.24, 2.45) is 5.92 Å². The first-order chi connectivity index (χ1) is 9.52. The summed E-state index contributed by atoms with van der Waals surface area (Å²) in [4.78, 5) is 0. The second-order valence-electron chi connectivity index (χ2n) is 8.83. The first kappa shape index (κ1) is 16.8. The summed E-state index contributed by atoms with van der Waals surface area (Å²) in [5.74, 6) is 0.581. The third-order valence-electron chi connectivity index (χ3n) is 5.58. The fourth-order valence-corrected chi connectivity index (χ4v) is 12.5. The molecule has 118 valence electrons. The summed E-state index contributed by atoms with van der Waals surface area (Å²) in [6, 6.07) is 10.8. The highest BCUT2D eigenvalue weighted by Crippen LogP contribution is 2.66. The molecule has 0 spiro atoms. The first-order valence-electron chi connectivity index (χ1n) is 8.25. The van der Waals surface area contributed by atoms with Crippen molar-refractivity contribution in [3.63, 3.8) is 0 Å². The Morgan fingerprint density at radius 1 is 0.857 bits per heavy atom. The zero-order valence-corrected chi connectivity index (χ0v) is 16.0. The molecule has 0 saturated carbocycles. The lowest BCUT2D eigenvalue weighted by atomic mass is 9.95. The molecule has 1 saturated heterocycles. The van der Waals surface area contributed by atoms with Crippen LogP contribution in [0.25, 0.3) is 0 Å². The lowest BCUT2D eigenvalue weighted by Gasteiger charge is -2.51. The van der Waals surface area contributed by atoms with Crippen LogP contribution in [0.15, 0.2) is 30.3 Å². The second kappa shape index (κ2) is 5.24. The van der Waals surface area contributed by atoms with Gasteiger partial charge in [-0.05, 0) is 27.1 Å². The van der Waals surface area contributed by atoms with Crippen LogP contribution in [0.1, 0.15) is 67.1 Å². The molecule has 1 heterocycles. The van der Waals surface area contributed by atoms with E-state index in [9.17, 15) is 0 Å². The molecule has 21 heavy (non-hydrogen) atoms. The molecule has 2 heteroatoms. The van der Waals surface area contributed by atoms with Gasteiger partial charge in [-0.2, -0.15) is 0 Å². The van der Waals surface area contributed by atoms with Crippen molar-refractivity contribution in [3.05, 3.63) is 35.9 Å². The van der Waals surface area contributed by atoms with Gasteiger partial charge in [0.2, 0.25) is 8.32 Å². The Bertz CT molecular complexity index is 467. The van der Waals surface area contributed by atoms with E-state index in [0.717, 1.165) is 0 Å². The summed E-state index contributed by atoms with van der Waals surface area (Å²) >= 11 is 0. The fraction of sp³-hybridized carbons (Fsp3) is 0.684. The number of benzene rings is 1. The minimum atomic E-state index is -1.95. The maximum absolute atomic E-state index is 7.03. The predicted octanol–water partition coefficient (Wildman–Crippen LogP) is 6.33. The third-order valence-corrected chi connectivity index (χ3v) is 12.5. The van der Waals surface area contributed by atoms with Crippen molar-refractivity contribution >= 4 is 8.32 Å². The molecule has 1 aromatic carbocycles. The topological polar surface area (TPSA) is 9.23 Å². The van der Waals surface area contributed by atoms with Crippen LogP contribution in [-0.4, -0.2) is 8.32 Å². The highest BCUT2D eigenvalue weighted by molar-refractivity contribution is 6.81. The first-order valence-corrected chi connectivity index (χ1v) is 10.2. The Hall–Kier alpha value is -0.603. The summed E-state index contributed by atoms with van der Waals surface area (Å²) in [7, 11) is -1.95. The van der Waals surface area contributed by atoms with E-state index in [1.54, 1.807) is 0 Å². The van der Waals surface area contributed by atoms with Crippen LogP contribution in [-0.2, 0) is 4.43 Å². The van der Waals surface area contributed by atoms with Crippen LogP contribution in [0.3, 0.4) is 0 Å². The lowest BCUT2D eigenvalue weighted by Crippen LogP contribution is -2.54. The smallest absolute Gasteiger partial charge is 0.207 e. The molecule has 1 fully saturated rings. The standard InChI is InChI=1S/C19H32OSi/c1-14-15(2)21(18(3,4)5,19(6,7)8)20-17(14)16-12-10-9-11-13-16/h9-15,17H,1-8H3/t14-,15-,17-/m1/s1. The highest BCUT2D eigenvalue weighted by atomic mass is 28.4. The summed E-state index contributed by atoms with van der Waals surface area (Å²) in [5, 5.41) is 0.477. The zero-order valence-electron chi connectivity index (χ0n) is 15.0. The third kappa shape index (κ3) is 2.51. The van der Waals surface area contributed by atoms with Gasteiger partial charge >= 0.3 is 0 Å². The van der Waals surface area contributed by atoms with E-state index in [2.05, 4.69) is 85.7 Å². The maximum atomic E-state index is 7.03. The largest absolute Gasteiger partial charge is 0.408 e. The summed E-state index contributed by atoms with van der Waals surface area (Å²) in [6.45, 7) is 19.2. The molecule has 1 nitrogen and oxygen atoms in total. The number of hydrogen-bond acceptors (Lipinski definition) is 1. The van der Waals surface area contributed by atoms with E-state index in [1.165, 1.54) is 5.56 Å². The van der Waals surface area contributed by atoms with Crippen LogP contribution < -0.4 is 0 Å². The zero-order chi connectivity index (χ0) is 16.1. The van der Waals surface area contributed by atoms with Crippen molar-refractivity contribution < 1.29 is 4.43 Å². The normalized spacial score (nSPS) is 29.6. The van der Waals surface area contributed by atoms with E-state index in [1.807, 2.05) is 0 Å². The molecule has 1 aromatic rings. The Morgan fingerprint density at radius 3 is 1.71 bits per heavy atom. The highest BCUT2D eigenvalue weighted by Gasteiger charge is 2.65. The average molecular weight is 305 g/mol. The molecular weight excluding hydrogens is 272 g/mol. The van der Waals surface area contributed by atoms with Crippen molar-refractivity contribution in [3.8, 4) is 0 Å². The second-order valence-corrected chi connectivity index (χ2v) is 14.5. The van der Waals surface area contributed by atoms with Crippen molar-refractivity contribution in [1.29, 1.82) is 0 Å². The Morgan fingerprint density at radius 2 is 1.33 bits per heavy atom. The summed E-state index contributed by atoms with van der Waals surface area (Å²) in [6.07, 6.45) is 0.256. The van der Waals surface area contributed by atoms with Gasteiger partial charge in [-0.1, -0.05) is 85.7 Å². The quantitative estimate of drug-likeness (QED) is 0.551. The minimum absolute atomic E-state index is 0.239.